The predicted octanol–water partition coefficient (Wildman–Crippen LogP) is 3.32. The summed E-state index contributed by atoms with van der Waals surface area (Å²) in [5.41, 5.74) is 1.93. The number of benzene rings is 2. The van der Waals surface area contributed by atoms with Gasteiger partial charge in [-0.05, 0) is 54.8 Å². The second-order valence-corrected chi connectivity index (χ2v) is 6.88. The third-order valence-electron chi connectivity index (χ3n) is 4.55. The van der Waals surface area contributed by atoms with Gasteiger partial charge in [-0.2, -0.15) is 0 Å². The zero-order valence-corrected chi connectivity index (χ0v) is 15.1. The first kappa shape index (κ1) is 18.4. The van der Waals surface area contributed by atoms with Crippen molar-refractivity contribution >= 4 is 29.1 Å². The van der Waals surface area contributed by atoms with E-state index >= 15 is 0 Å². The maximum atomic E-state index is 12.7. The lowest BCUT2D eigenvalue weighted by Crippen LogP contribution is -2.43. The van der Waals surface area contributed by atoms with Crippen LogP contribution in [0.25, 0.3) is 0 Å². The minimum Gasteiger partial charge on any atom is -0.392 e. The van der Waals surface area contributed by atoms with Crippen molar-refractivity contribution in [2.75, 3.05) is 18.4 Å². The van der Waals surface area contributed by atoms with Crippen LogP contribution in [0, 0.1) is 5.92 Å². The van der Waals surface area contributed by atoms with Gasteiger partial charge in [0.05, 0.1) is 12.5 Å². The molecule has 1 atom stereocenters. The van der Waals surface area contributed by atoms with Crippen LogP contribution in [0.15, 0.2) is 48.5 Å². The molecular formula is C20H21ClN2O3. The summed E-state index contributed by atoms with van der Waals surface area (Å²) in [6.45, 7) is 0.918. The Bertz CT molecular complexity index is 792. The van der Waals surface area contributed by atoms with E-state index in [1.807, 2.05) is 0 Å². The van der Waals surface area contributed by atoms with Crippen molar-refractivity contribution in [1.82, 2.24) is 4.90 Å². The Morgan fingerprint density at radius 3 is 2.69 bits per heavy atom. The summed E-state index contributed by atoms with van der Waals surface area (Å²) in [6, 6.07) is 13.9. The summed E-state index contributed by atoms with van der Waals surface area (Å²) in [6.07, 6.45) is 1.53. The van der Waals surface area contributed by atoms with Crippen LogP contribution in [-0.4, -0.2) is 34.9 Å². The van der Waals surface area contributed by atoms with E-state index < -0.39 is 0 Å². The number of piperidine rings is 1. The van der Waals surface area contributed by atoms with Gasteiger partial charge in [0.1, 0.15) is 0 Å². The third-order valence-corrected chi connectivity index (χ3v) is 4.80. The van der Waals surface area contributed by atoms with Crippen molar-refractivity contribution < 1.29 is 14.7 Å². The molecule has 1 saturated heterocycles. The summed E-state index contributed by atoms with van der Waals surface area (Å²) in [7, 11) is 0. The summed E-state index contributed by atoms with van der Waals surface area (Å²) >= 11 is 5.86. The Morgan fingerprint density at radius 1 is 1.19 bits per heavy atom. The highest BCUT2D eigenvalue weighted by Crippen LogP contribution is 2.21. The highest BCUT2D eigenvalue weighted by Gasteiger charge is 2.29. The van der Waals surface area contributed by atoms with E-state index in [1.165, 1.54) is 0 Å². The molecule has 2 amide bonds. The number of aliphatic hydroxyl groups excluding tert-OH is 1. The number of carbonyl (C=O) groups excluding carboxylic acids is 2. The second-order valence-electron chi connectivity index (χ2n) is 6.44. The first-order chi connectivity index (χ1) is 12.6. The first-order valence-electron chi connectivity index (χ1n) is 8.62. The zero-order chi connectivity index (χ0) is 18.5. The van der Waals surface area contributed by atoms with Crippen LogP contribution in [0.1, 0.15) is 28.8 Å². The molecule has 2 N–H and O–H groups in total. The molecule has 0 saturated carbocycles. The van der Waals surface area contributed by atoms with Crippen molar-refractivity contribution in [2.45, 2.75) is 19.4 Å². The Morgan fingerprint density at radius 2 is 1.96 bits per heavy atom. The molecule has 2 aromatic rings. The Labute approximate surface area is 157 Å². The van der Waals surface area contributed by atoms with Gasteiger partial charge in [-0.15, -0.1) is 0 Å². The van der Waals surface area contributed by atoms with Crippen molar-refractivity contribution in [1.29, 1.82) is 0 Å². The van der Waals surface area contributed by atoms with Crippen LogP contribution in [0.5, 0.6) is 0 Å². The van der Waals surface area contributed by atoms with Gasteiger partial charge in [-0.1, -0.05) is 23.7 Å². The topological polar surface area (TPSA) is 69.6 Å². The monoisotopic (exact) mass is 372 g/mol. The van der Waals surface area contributed by atoms with Crippen LogP contribution in [0.4, 0.5) is 5.69 Å². The average molecular weight is 373 g/mol. The van der Waals surface area contributed by atoms with E-state index in [0.717, 1.165) is 12.8 Å². The van der Waals surface area contributed by atoms with Gasteiger partial charge in [0, 0.05) is 29.4 Å². The molecule has 26 heavy (non-hydrogen) atoms. The van der Waals surface area contributed by atoms with Crippen LogP contribution in [0.2, 0.25) is 5.02 Å². The predicted molar refractivity (Wildman–Crippen MR) is 101 cm³/mol. The third kappa shape index (κ3) is 4.42. The minimum absolute atomic E-state index is 0.0890. The van der Waals surface area contributed by atoms with E-state index in [0.29, 0.717) is 34.9 Å². The molecular weight excluding hydrogens is 352 g/mol. The van der Waals surface area contributed by atoms with Gasteiger partial charge >= 0.3 is 0 Å². The average Bonchev–Trinajstić information content (AvgIpc) is 2.69. The fourth-order valence-electron chi connectivity index (χ4n) is 3.14. The van der Waals surface area contributed by atoms with Gasteiger partial charge in [0.15, 0.2) is 0 Å². The minimum atomic E-state index is -0.246. The van der Waals surface area contributed by atoms with Crippen molar-refractivity contribution in [3.8, 4) is 0 Å². The molecule has 3 rings (SSSR count). The molecule has 0 radical (unpaired) electrons. The van der Waals surface area contributed by atoms with Gasteiger partial charge < -0.3 is 15.3 Å². The molecule has 0 aliphatic carbocycles. The quantitative estimate of drug-likeness (QED) is 0.864. The van der Waals surface area contributed by atoms with Gasteiger partial charge in [0.25, 0.3) is 5.91 Å². The Kier molecular flexibility index (Phi) is 5.91. The lowest BCUT2D eigenvalue weighted by atomic mass is 9.96. The number of hydrogen-bond donors (Lipinski definition) is 2. The molecule has 1 aliphatic heterocycles. The van der Waals surface area contributed by atoms with Crippen LogP contribution in [0.3, 0.4) is 0 Å². The molecule has 1 fully saturated rings. The van der Waals surface area contributed by atoms with Gasteiger partial charge in [-0.3, -0.25) is 9.59 Å². The number of hydrogen-bond acceptors (Lipinski definition) is 3. The molecule has 0 spiro atoms. The van der Waals surface area contributed by atoms with Gasteiger partial charge in [-0.25, -0.2) is 0 Å². The number of nitrogens with one attached hydrogen (secondary N) is 1. The normalized spacial score (nSPS) is 17.0. The fraction of sp³-hybridized carbons (Fsp3) is 0.300. The highest BCUT2D eigenvalue weighted by molar-refractivity contribution is 6.30. The van der Waals surface area contributed by atoms with Crippen molar-refractivity contribution in [3.05, 3.63) is 64.7 Å². The lowest BCUT2D eigenvalue weighted by molar-refractivity contribution is -0.121. The largest absolute Gasteiger partial charge is 0.392 e. The molecule has 0 aromatic heterocycles. The lowest BCUT2D eigenvalue weighted by Gasteiger charge is -2.32. The molecule has 2 aromatic carbocycles. The number of likely N-dealkylation sites (tertiary alicyclic amines) is 1. The first-order valence-corrected chi connectivity index (χ1v) is 9.00. The van der Waals surface area contributed by atoms with E-state index in [-0.39, 0.29) is 24.3 Å². The second kappa shape index (κ2) is 8.34. The number of aliphatic hydroxyl groups is 1. The standard InChI is InChI=1S/C20H21ClN2O3/c21-17-6-8-18(9-7-17)22-19(25)16-5-2-10-23(12-16)20(26)15-4-1-3-14(11-15)13-24/h1,3-4,6-9,11,16,24H,2,5,10,12-13H2,(H,22,25). The van der Waals surface area contributed by atoms with Crippen molar-refractivity contribution in [3.63, 3.8) is 0 Å². The maximum Gasteiger partial charge on any atom is 0.253 e. The summed E-state index contributed by atoms with van der Waals surface area (Å²) < 4.78 is 0. The number of amides is 2. The molecule has 5 nitrogen and oxygen atoms in total. The Balaban J connectivity index is 1.65. The molecule has 6 heteroatoms. The van der Waals surface area contributed by atoms with E-state index in [9.17, 15) is 14.7 Å². The van der Waals surface area contributed by atoms with Gasteiger partial charge in [0.2, 0.25) is 5.91 Å². The number of carbonyl (C=O) groups is 2. The molecule has 1 unspecified atom stereocenters. The van der Waals surface area contributed by atoms with E-state index in [1.54, 1.807) is 53.4 Å². The molecule has 0 bridgehead atoms. The van der Waals surface area contributed by atoms with E-state index in [2.05, 4.69) is 5.32 Å². The number of rotatable bonds is 4. The summed E-state index contributed by atoms with van der Waals surface area (Å²) in [5.74, 6) is -0.442. The van der Waals surface area contributed by atoms with Crippen LogP contribution >= 0.6 is 11.6 Å². The number of halogens is 1. The van der Waals surface area contributed by atoms with Crippen LogP contribution in [-0.2, 0) is 11.4 Å². The molecule has 136 valence electrons. The summed E-state index contributed by atoms with van der Waals surface area (Å²) in [4.78, 5) is 27.0. The SMILES string of the molecule is O=C(Nc1ccc(Cl)cc1)C1CCCN(C(=O)c2cccc(CO)c2)C1. The zero-order valence-electron chi connectivity index (χ0n) is 14.3. The number of nitrogens with zero attached hydrogens (tertiary/aromatic N) is 1. The number of anilines is 1. The van der Waals surface area contributed by atoms with E-state index in [4.69, 9.17) is 11.6 Å². The summed E-state index contributed by atoms with van der Waals surface area (Å²) in [5, 5.41) is 12.7. The smallest absolute Gasteiger partial charge is 0.253 e. The van der Waals surface area contributed by atoms with Crippen molar-refractivity contribution in [2.24, 2.45) is 5.92 Å². The molecule has 1 aliphatic rings. The highest BCUT2D eigenvalue weighted by atomic mass is 35.5. The maximum absolute atomic E-state index is 12.7. The molecule has 1 heterocycles. The Hall–Kier alpha value is -2.37. The fourth-order valence-corrected chi connectivity index (χ4v) is 3.26. The van der Waals surface area contributed by atoms with Crippen LogP contribution < -0.4 is 5.32 Å².